The summed E-state index contributed by atoms with van der Waals surface area (Å²) in [6, 6.07) is 2.14. The summed E-state index contributed by atoms with van der Waals surface area (Å²) in [4.78, 5) is 0. The molecule has 0 amide bonds. The van der Waals surface area contributed by atoms with E-state index in [-0.39, 0.29) is 0 Å². The van der Waals surface area contributed by atoms with Gasteiger partial charge < -0.3 is 5.32 Å². The SMILES string of the molecule is CC(C)CC1(Cc2ccnn2C)CCCN1. The second-order valence-corrected chi connectivity index (χ2v) is 5.53. The molecule has 90 valence electrons. The monoisotopic (exact) mass is 221 g/mol. The second-order valence-electron chi connectivity index (χ2n) is 5.53. The number of nitrogens with zero attached hydrogens (tertiary/aromatic N) is 2. The van der Waals surface area contributed by atoms with Crippen LogP contribution in [0.3, 0.4) is 0 Å². The maximum absolute atomic E-state index is 4.26. The zero-order valence-electron chi connectivity index (χ0n) is 10.7. The van der Waals surface area contributed by atoms with E-state index in [9.17, 15) is 0 Å². The van der Waals surface area contributed by atoms with E-state index in [4.69, 9.17) is 0 Å². The van der Waals surface area contributed by atoms with Crippen LogP contribution in [0, 0.1) is 5.92 Å². The number of nitrogens with one attached hydrogen (secondary N) is 1. The summed E-state index contributed by atoms with van der Waals surface area (Å²) < 4.78 is 2.00. The van der Waals surface area contributed by atoms with E-state index in [1.807, 2.05) is 17.9 Å². The first-order chi connectivity index (χ1) is 7.61. The fraction of sp³-hybridized carbons (Fsp3) is 0.769. The normalized spacial score (nSPS) is 25.5. The van der Waals surface area contributed by atoms with Crippen molar-refractivity contribution in [3.05, 3.63) is 18.0 Å². The Labute approximate surface area is 98.2 Å². The van der Waals surface area contributed by atoms with Crippen molar-refractivity contribution in [2.75, 3.05) is 6.54 Å². The molecule has 1 aliphatic rings. The first-order valence-corrected chi connectivity index (χ1v) is 6.33. The van der Waals surface area contributed by atoms with Gasteiger partial charge in [-0.2, -0.15) is 5.10 Å². The Bertz CT molecular complexity index is 335. The zero-order chi connectivity index (χ0) is 11.6. The van der Waals surface area contributed by atoms with Crippen LogP contribution in [0.2, 0.25) is 0 Å². The molecule has 0 spiro atoms. The van der Waals surface area contributed by atoms with Crippen LogP contribution >= 0.6 is 0 Å². The summed E-state index contributed by atoms with van der Waals surface area (Å²) >= 11 is 0. The molecule has 1 aromatic rings. The fourth-order valence-electron chi connectivity index (χ4n) is 2.97. The third kappa shape index (κ3) is 2.46. The van der Waals surface area contributed by atoms with Gasteiger partial charge in [0, 0.05) is 30.9 Å². The van der Waals surface area contributed by atoms with E-state index in [1.54, 1.807) is 0 Å². The van der Waals surface area contributed by atoms with Crippen molar-refractivity contribution in [1.29, 1.82) is 0 Å². The predicted octanol–water partition coefficient (Wildman–Crippen LogP) is 2.13. The minimum Gasteiger partial charge on any atom is -0.311 e. The highest BCUT2D eigenvalue weighted by Gasteiger charge is 2.34. The maximum Gasteiger partial charge on any atom is 0.0492 e. The Morgan fingerprint density at radius 2 is 2.38 bits per heavy atom. The second kappa shape index (κ2) is 4.58. The Morgan fingerprint density at radius 1 is 1.56 bits per heavy atom. The van der Waals surface area contributed by atoms with Crippen LogP contribution < -0.4 is 5.32 Å². The van der Waals surface area contributed by atoms with Gasteiger partial charge >= 0.3 is 0 Å². The minimum absolute atomic E-state index is 0.321. The quantitative estimate of drug-likeness (QED) is 0.844. The highest BCUT2D eigenvalue weighted by atomic mass is 15.3. The van der Waals surface area contributed by atoms with E-state index in [1.165, 1.54) is 31.5 Å². The Hall–Kier alpha value is -0.830. The zero-order valence-corrected chi connectivity index (χ0v) is 10.7. The number of aromatic nitrogens is 2. The summed E-state index contributed by atoms with van der Waals surface area (Å²) in [6.45, 7) is 5.79. The van der Waals surface area contributed by atoms with E-state index < -0.39 is 0 Å². The molecule has 0 aliphatic carbocycles. The van der Waals surface area contributed by atoms with Crippen LogP contribution in [-0.2, 0) is 13.5 Å². The van der Waals surface area contributed by atoms with E-state index in [0.717, 1.165) is 12.3 Å². The maximum atomic E-state index is 4.26. The molecule has 2 heterocycles. The molecule has 1 N–H and O–H groups in total. The van der Waals surface area contributed by atoms with Gasteiger partial charge in [-0.25, -0.2) is 0 Å². The number of hydrogen-bond donors (Lipinski definition) is 1. The van der Waals surface area contributed by atoms with Crippen molar-refractivity contribution in [2.45, 2.75) is 45.1 Å². The van der Waals surface area contributed by atoms with Crippen LogP contribution in [0.15, 0.2) is 12.3 Å². The van der Waals surface area contributed by atoms with Gasteiger partial charge in [-0.1, -0.05) is 13.8 Å². The topological polar surface area (TPSA) is 29.9 Å². The molecule has 2 rings (SSSR count). The lowest BCUT2D eigenvalue weighted by Gasteiger charge is -2.31. The van der Waals surface area contributed by atoms with Gasteiger partial charge in [-0.05, 0) is 37.8 Å². The molecule has 1 saturated heterocycles. The summed E-state index contributed by atoms with van der Waals surface area (Å²) in [7, 11) is 2.04. The van der Waals surface area contributed by atoms with E-state index in [2.05, 4.69) is 30.3 Å². The van der Waals surface area contributed by atoms with Gasteiger partial charge in [-0.15, -0.1) is 0 Å². The van der Waals surface area contributed by atoms with Crippen molar-refractivity contribution < 1.29 is 0 Å². The molecule has 1 unspecified atom stereocenters. The summed E-state index contributed by atoms with van der Waals surface area (Å²) in [5.41, 5.74) is 1.66. The van der Waals surface area contributed by atoms with E-state index in [0.29, 0.717) is 5.54 Å². The average molecular weight is 221 g/mol. The molecule has 1 fully saturated rings. The van der Waals surface area contributed by atoms with Crippen molar-refractivity contribution in [3.63, 3.8) is 0 Å². The Balaban J connectivity index is 2.11. The molecule has 1 aromatic heterocycles. The molecule has 1 atom stereocenters. The standard InChI is InChI=1S/C13H23N3/c1-11(2)9-13(6-4-7-14-13)10-12-5-8-15-16(12)3/h5,8,11,14H,4,6-7,9-10H2,1-3H3. The van der Waals surface area contributed by atoms with Crippen LogP contribution in [-0.4, -0.2) is 21.9 Å². The van der Waals surface area contributed by atoms with Crippen molar-refractivity contribution in [3.8, 4) is 0 Å². The van der Waals surface area contributed by atoms with Gasteiger partial charge in [0.2, 0.25) is 0 Å². The summed E-state index contributed by atoms with van der Waals surface area (Å²) in [5.74, 6) is 0.749. The molecule has 3 heteroatoms. The molecule has 1 aliphatic heterocycles. The molecule has 3 nitrogen and oxygen atoms in total. The minimum atomic E-state index is 0.321. The van der Waals surface area contributed by atoms with Crippen LogP contribution in [0.25, 0.3) is 0 Å². The highest BCUT2D eigenvalue weighted by Crippen LogP contribution is 2.30. The largest absolute Gasteiger partial charge is 0.311 e. The first kappa shape index (κ1) is 11.6. The van der Waals surface area contributed by atoms with Gasteiger partial charge in [-0.3, -0.25) is 4.68 Å². The van der Waals surface area contributed by atoms with Crippen molar-refractivity contribution in [1.82, 2.24) is 15.1 Å². The van der Waals surface area contributed by atoms with Gasteiger partial charge in [0.25, 0.3) is 0 Å². The Morgan fingerprint density at radius 3 is 2.88 bits per heavy atom. The lowest BCUT2D eigenvalue weighted by atomic mass is 9.83. The highest BCUT2D eigenvalue weighted by molar-refractivity contribution is 5.09. The third-order valence-corrected chi connectivity index (χ3v) is 3.57. The molecule has 0 bridgehead atoms. The molecule has 16 heavy (non-hydrogen) atoms. The third-order valence-electron chi connectivity index (χ3n) is 3.57. The number of aryl methyl sites for hydroxylation is 1. The predicted molar refractivity (Wildman–Crippen MR) is 66.3 cm³/mol. The first-order valence-electron chi connectivity index (χ1n) is 6.33. The summed E-state index contributed by atoms with van der Waals surface area (Å²) in [6.07, 6.45) is 6.88. The van der Waals surface area contributed by atoms with Crippen molar-refractivity contribution >= 4 is 0 Å². The van der Waals surface area contributed by atoms with Crippen LogP contribution in [0.4, 0.5) is 0 Å². The lowest BCUT2D eigenvalue weighted by Crippen LogP contribution is -2.43. The molecule has 0 aromatic carbocycles. The Kier molecular flexibility index (Phi) is 3.33. The van der Waals surface area contributed by atoms with Crippen LogP contribution in [0.1, 0.15) is 38.8 Å². The van der Waals surface area contributed by atoms with Crippen LogP contribution in [0.5, 0.6) is 0 Å². The number of rotatable bonds is 4. The molecular weight excluding hydrogens is 198 g/mol. The van der Waals surface area contributed by atoms with Gasteiger partial charge in [0.05, 0.1) is 0 Å². The smallest absolute Gasteiger partial charge is 0.0492 e. The number of hydrogen-bond acceptors (Lipinski definition) is 2. The van der Waals surface area contributed by atoms with Gasteiger partial charge in [0.15, 0.2) is 0 Å². The molecular formula is C13H23N3. The molecule has 0 radical (unpaired) electrons. The van der Waals surface area contributed by atoms with E-state index >= 15 is 0 Å². The fourth-order valence-corrected chi connectivity index (χ4v) is 2.97. The van der Waals surface area contributed by atoms with Gasteiger partial charge in [0.1, 0.15) is 0 Å². The average Bonchev–Trinajstić information content (AvgIpc) is 2.77. The summed E-state index contributed by atoms with van der Waals surface area (Å²) in [5, 5.41) is 7.98. The molecule has 0 saturated carbocycles. The van der Waals surface area contributed by atoms with Crippen molar-refractivity contribution in [2.24, 2.45) is 13.0 Å². The lowest BCUT2D eigenvalue weighted by molar-refractivity contribution is 0.296.